The van der Waals surface area contributed by atoms with E-state index in [9.17, 15) is 22.8 Å². The van der Waals surface area contributed by atoms with E-state index in [1.54, 1.807) is 48.9 Å². The van der Waals surface area contributed by atoms with Crippen LogP contribution >= 0.6 is 0 Å². The minimum absolute atomic E-state index is 0.0497. The standard InChI is InChI=1S/C20H30N2O8S/c1-14(2)12-16(17(23)28-6)22(19(25)30-20(3,4)5)31(26,27)21-18(24)29-13-15-10-8-7-9-11-15/h7-11,14,16H,12-13H2,1-6H3,(H,21,24)/t16-/m0/s1. The van der Waals surface area contributed by atoms with Crippen LogP contribution in [0, 0.1) is 5.92 Å². The molecule has 0 aliphatic rings. The third kappa shape index (κ3) is 8.83. The van der Waals surface area contributed by atoms with Crippen molar-refractivity contribution >= 4 is 28.4 Å². The fourth-order valence-electron chi connectivity index (χ4n) is 2.48. The first-order valence-electron chi connectivity index (χ1n) is 9.60. The summed E-state index contributed by atoms with van der Waals surface area (Å²) in [7, 11) is -3.80. The van der Waals surface area contributed by atoms with Gasteiger partial charge in [0.1, 0.15) is 12.2 Å². The van der Waals surface area contributed by atoms with Crippen molar-refractivity contribution in [2.75, 3.05) is 7.11 Å². The maximum atomic E-state index is 12.9. The van der Waals surface area contributed by atoms with Crippen LogP contribution in [0.4, 0.5) is 9.59 Å². The smallest absolute Gasteiger partial charge is 0.426 e. The average molecular weight is 459 g/mol. The summed E-state index contributed by atoms with van der Waals surface area (Å²) in [5.41, 5.74) is -0.428. The SMILES string of the molecule is COC(=O)[C@H](CC(C)C)N(C(=O)OC(C)(C)C)S(=O)(=O)NC(=O)OCc1ccccc1. The minimum Gasteiger partial charge on any atom is -0.467 e. The Morgan fingerprint density at radius 1 is 1.10 bits per heavy atom. The molecule has 0 spiro atoms. The second kappa shape index (κ2) is 11.0. The van der Waals surface area contributed by atoms with E-state index in [0.717, 1.165) is 7.11 Å². The highest BCUT2D eigenvalue weighted by Crippen LogP contribution is 2.20. The molecule has 0 aliphatic heterocycles. The van der Waals surface area contributed by atoms with Crippen LogP contribution < -0.4 is 4.72 Å². The summed E-state index contributed by atoms with van der Waals surface area (Å²) in [6.45, 7) is 7.88. The molecule has 10 nitrogen and oxygen atoms in total. The summed E-state index contributed by atoms with van der Waals surface area (Å²) in [6.07, 6.45) is -2.69. The van der Waals surface area contributed by atoms with Gasteiger partial charge in [-0.15, -0.1) is 0 Å². The summed E-state index contributed by atoms with van der Waals surface area (Å²) in [6, 6.07) is 7.05. The molecule has 31 heavy (non-hydrogen) atoms. The molecule has 0 saturated heterocycles. The molecular formula is C20H30N2O8S. The van der Waals surface area contributed by atoms with Crippen molar-refractivity contribution in [3.63, 3.8) is 0 Å². The number of benzene rings is 1. The fourth-order valence-corrected chi connectivity index (χ4v) is 3.59. The normalized spacial score (nSPS) is 12.6. The zero-order valence-corrected chi connectivity index (χ0v) is 19.4. The van der Waals surface area contributed by atoms with Crippen LogP contribution in [0.5, 0.6) is 0 Å². The lowest BCUT2D eigenvalue weighted by molar-refractivity contribution is -0.145. The second-order valence-electron chi connectivity index (χ2n) is 8.11. The molecule has 11 heteroatoms. The van der Waals surface area contributed by atoms with E-state index in [4.69, 9.17) is 9.47 Å². The van der Waals surface area contributed by atoms with Gasteiger partial charge in [0, 0.05) is 0 Å². The van der Waals surface area contributed by atoms with Crippen LogP contribution in [-0.4, -0.2) is 49.6 Å². The molecule has 1 atom stereocenters. The Morgan fingerprint density at radius 3 is 2.16 bits per heavy atom. The quantitative estimate of drug-likeness (QED) is 0.465. The lowest BCUT2D eigenvalue weighted by atomic mass is 10.0. The highest BCUT2D eigenvalue weighted by molar-refractivity contribution is 7.88. The summed E-state index contributed by atoms with van der Waals surface area (Å²) in [5.74, 6) is -1.16. The first-order valence-corrected chi connectivity index (χ1v) is 11.0. The Bertz CT molecular complexity index is 863. The highest BCUT2D eigenvalue weighted by atomic mass is 32.2. The number of hydrogen-bond donors (Lipinski definition) is 1. The third-order valence-electron chi connectivity index (χ3n) is 3.71. The Hall–Kier alpha value is -2.82. The molecule has 1 rings (SSSR count). The number of amides is 2. The Labute approximate surface area is 183 Å². The largest absolute Gasteiger partial charge is 0.467 e. The number of hydrogen-bond acceptors (Lipinski definition) is 8. The van der Waals surface area contributed by atoms with Crippen LogP contribution in [0.3, 0.4) is 0 Å². The molecule has 1 aromatic carbocycles. The Morgan fingerprint density at radius 2 is 1.68 bits per heavy atom. The van der Waals surface area contributed by atoms with Crippen LogP contribution in [0.1, 0.15) is 46.6 Å². The predicted molar refractivity (Wildman–Crippen MR) is 112 cm³/mol. The number of rotatable bonds is 8. The fraction of sp³-hybridized carbons (Fsp3) is 0.550. The van der Waals surface area contributed by atoms with Crippen molar-refractivity contribution in [3.8, 4) is 0 Å². The molecular weight excluding hydrogens is 428 g/mol. The van der Waals surface area contributed by atoms with Gasteiger partial charge in [-0.2, -0.15) is 12.7 Å². The summed E-state index contributed by atoms with van der Waals surface area (Å²) >= 11 is 0. The maximum absolute atomic E-state index is 12.9. The van der Waals surface area contributed by atoms with Crippen LogP contribution in [0.15, 0.2) is 30.3 Å². The van der Waals surface area contributed by atoms with E-state index in [2.05, 4.69) is 4.74 Å². The number of carbonyl (C=O) groups is 3. The number of esters is 1. The zero-order valence-electron chi connectivity index (χ0n) is 18.6. The van der Waals surface area contributed by atoms with Crippen LogP contribution in [-0.2, 0) is 35.8 Å². The van der Waals surface area contributed by atoms with E-state index >= 15 is 0 Å². The van der Waals surface area contributed by atoms with E-state index in [-0.39, 0.29) is 23.3 Å². The van der Waals surface area contributed by atoms with Crippen LogP contribution in [0.25, 0.3) is 0 Å². The second-order valence-corrected chi connectivity index (χ2v) is 9.66. The summed E-state index contributed by atoms with van der Waals surface area (Å²) in [4.78, 5) is 37.2. The number of ether oxygens (including phenoxy) is 3. The predicted octanol–water partition coefficient (Wildman–Crippen LogP) is 2.98. The number of nitrogens with zero attached hydrogens (tertiary/aromatic N) is 1. The molecule has 2 amide bonds. The van der Waals surface area contributed by atoms with Gasteiger partial charge in [0.25, 0.3) is 0 Å². The van der Waals surface area contributed by atoms with Gasteiger partial charge in [-0.3, -0.25) is 0 Å². The molecule has 0 saturated carbocycles. The van der Waals surface area contributed by atoms with Crippen molar-refractivity contribution in [2.24, 2.45) is 5.92 Å². The highest BCUT2D eigenvalue weighted by Gasteiger charge is 2.43. The van der Waals surface area contributed by atoms with Gasteiger partial charge in [-0.25, -0.2) is 19.1 Å². The van der Waals surface area contributed by atoms with Crippen molar-refractivity contribution in [3.05, 3.63) is 35.9 Å². The molecule has 0 radical (unpaired) electrons. The lowest BCUT2D eigenvalue weighted by Crippen LogP contribution is -2.55. The van der Waals surface area contributed by atoms with Gasteiger partial charge in [0.05, 0.1) is 7.11 Å². The third-order valence-corrected chi connectivity index (χ3v) is 5.05. The lowest BCUT2D eigenvalue weighted by Gasteiger charge is -2.31. The van der Waals surface area contributed by atoms with Crippen molar-refractivity contribution in [1.82, 2.24) is 9.03 Å². The van der Waals surface area contributed by atoms with Gasteiger partial charge in [-0.1, -0.05) is 44.2 Å². The van der Waals surface area contributed by atoms with Crippen molar-refractivity contribution < 1.29 is 37.0 Å². The maximum Gasteiger partial charge on any atom is 0.426 e. The van der Waals surface area contributed by atoms with Crippen molar-refractivity contribution in [2.45, 2.75) is 59.3 Å². The molecule has 0 aliphatic carbocycles. The molecule has 0 unspecified atom stereocenters. The number of nitrogens with one attached hydrogen (secondary N) is 1. The topological polar surface area (TPSA) is 128 Å². The molecule has 0 aromatic heterocycles. The van der Waals surface area contributed by atoms with Gasteiger partial charge in [-0.05, 0) is 38.7 Å². The molecule has 1 aromatic rings. The minimum atomic E-state index is -4.86. The molecule has 1 N–H and O–H groups in total. The Balaban J connectivity index is 3.16. The molecule has 174 valence electrons. The first-order chi connectivity index (χ1) is 14.3. The van der Waals surface area contributed by atoms with Gasteiger partial charge < -0.3 is 14.2 Å². The van der Waals surface area contributed by atoms with Gasteiger partial charge in [0.15, 0.2) is 6.04 Å². The Kier molecular flexibility index (Phi) is 9.29. The summed E-state index contributed by atoms with van der Waals surface area (Å²) < 4.78 is 42.5. The summed E-state index contributed by atoms with van der Waals surface area (Å²) in [5, 5.41) is 0. The van der Waals surface area contributed by atoms with E-state index in [1.807, 2.05) is 0 Å². The zero-order chi connectivity index (χ0) is 23.8. The molecule has 0 fully saturated rings. The monoisotopic (exact) mass is 458 g/mol. The average Bonchev–Trinajstić information content (AvgIpc) is 2.63. The van der Waals surface area contributed by atoms with Gasteiger partial charge >= 0.3 is 28.4 Å². The molecule has 0 bridgehead atoms. The first kappa shape index (κ1) is 26.2. The number of carbonyl (C=O) groups excluding carboxylic acids is 3. The van der Waals surface area contributed by atoms with Gasteiger partial charge in [0.2, 0.25) is 0 Å². The van der Waals surface area contributed by atoms with Crippen molar-refractivity contribution in [1.29, 1.82) is 0 Å². The van der Waals surface area contributed by atoms with E-state index in [0.29, 0.717) is 5.56 Å². The molecule has 0 heterocycles. The van der Waals surface area contributed by atoms with E-state index in [1.165, 1.54) is 20.8 Å². The van der Waals surface area contributed by atoms with E-state index < -0.39 is 40.0 Å². The number of methoxy groups -OCH3 is 1. The van der Waals surface area contributed by atoms with Crippen LogP contribution in [0.2, 0.25) is 0 Å².